The van der Waals surface area contributed by atoms with Crippen molar-refractivity contribution in [3.8, 4) is 5.75 Å². The van der Waals surface area contributed by atoms with Gasteiger partial charge in [0.2, 0.25) is 0 Å². The standard InChI is InChI=1S/C13H10BrF3N2O/c1-8-3-2-4-11(13(15,16)17)10(8)7-20-9-5-18-12(14)19-6-9/h2-6H,7H2,1H3. The molecule has 0 radical (unpaired) electrons. The summed E-state index contributed by atoms with van der Waals surface area (Å²) >= 11 is 3.06. The molecule has 0 amide bonds. The van der Waals surface area contributed by atoms with Crippen molar-refractivity contribution >= 4 is 15.9 Å². The molecule has 2 aromatic rings. The predicted molar refractivity (Wildman–Crippen MR) is 70.2 cm³/mol. The largest absolute Gasteiger partial charge is 0.486 e. The Labute approximate surface area is 122 Å². The molecule has 0 saturated carbocycles. The van der Waals surface area contributed by atoms with Crippen LogP contribution in [0.2, 0.25) is 0 Å². The first kappa shape index (κ1) is 14.8. The third kappa shape index (κ3) is 3.47. The molecule has 0 saturated heterocycles. The highest BCUT2D eigenvalue weighted by Gasteiger charge is 2.33. The second-order valence-electron chi connectivity index (χ2n) is 4.08. The third-order valence-corrected chi connectivity index (χ3v) is 3.10. The van der Waals surface area contributed by atoms with Crippen molar-refractivity contribution < 1.29 is 17.9 Å². The van der Waals surface area contributed by atoms with Crippen LogP contribution in [0.3, 0.4) is 0 Å². The lowest BCUT2D eigenvalue weighted by Crippen LogP contribution is -2.12. The van der Waals surface area contributed by atoms with Gasteiger partial charge < -0.3 is 4.74 Å². The summed E-state index contributed by atoms with van der Waals surface area (Å²) in [5.41, 5.74) is -0.0451. The van der Waals surface area contributed by atoms with Crippen LogP contribution in [0.1, 0.15) is 16.7 Å². The second kappa shape index (κ2) is 5.78. The molecule has 0 fully saturated rings. The molecule has 20 heavy (non-hydrogen) atoms. The fourth-order valence-electron chi connectivity index (χ4n) is 1.69. The van der Waals surface area contributed by atoms with Crippen LogP contribution < -0.4 is 4.74 Å². The fraction of sp³-hybridized carbons (Fsp3) is 0.231. The summed E-state index contributed by atoms with van der Waals surface area (Å²) in [5, 5.41) is 0. The molecular formula is C13H10BrF3N2O. The first-order valence-electron chi connectivity index (χ1n) is 5.64. The highest BCUT2D eigenvalue weighted by Crippen LogP contribution is 2.33. The molecule has 7 heteroatoms. The number of nitrogens with zero attached hydrogens (tertiary/aromatic N) is 2. The van der Waals surface area contributed by atoms with E-state index in [1.807, 2.05) is 0 Å². The Bertz CT molecular complexity index is 600. The first-order valence-corrected chi connectivity index (χ1v) is 6.43. The van der Waals surface area contributed by atoms with Crippen LogP contribution in [-0.2, 0) is 12.8 Å². The number of hydrogen-bond acceptors (Lipinski definition) is 3. The maximum atomic E-state index is 12.9. The zero-order valence-corrected chi connectivity index (χ0v) is 12.0. The molecule has 0 bridgehead atoms. The zero-order valence-electron chi connectivity index (χ0n) is 10.4. The lowest BCUT2D eigenvalue weighted by atomic mass is 10.0. The quantitative estimate of drug-likeness (QED) is 0.783. The van der Waals surface area contributed by atoms with Crippen LogP contribution in [0.5, 0.6) is 5.75 Å². The van der Waals surface area contributed by atoms with Gasteiger partial charge in [-0.3, -0.25) is 0 Å². The number of benzene rings is 1. The van der Waals surface area contributed by atoms with E-state index in [0.717, 1.165) is 6.07 Å². The van der Waals surface area contributed by atoms with Gasteiger partial charge in [-0.1, -0.05) is 12.1 Å². The van der Waals surface area contributed by atoms with Crippen molar-refractivity contribution in [2.45, 2.75) is 19.7 Å². The van der Waals surface area contributed by atoms with E-state index in [2.05, 4.69) is 25.9 Å². The Morgan fingerprint density at radius 3 is 2.45 bits per heavy atom. The second-order valence-corrected chi connectivity index (χ2v) is 4.78. The van der Waals surface area contributed by atoms with Gasteiger partial charge in [0, 0.05) is 5.56 Å². The van der Waals surface area contributed by atoms with Crippen LogP contribution in [0, 0.1) is 6.92 Å². The highest BCUT2D eigenvalue weighted by molar-refractivity contribution is 9.10. The Kier molecular flexibility index (Phi) is 4.27. The van der Waals surface area contributed by atoms with Gasteiger partial charge in [-0.15, -0.1) is 0 Å². The van der Waals surface area contributed by atoms with Crippen molar-refractivity contribution in [1.29, 1.82) is 0 Å². The summed E-state index contributed by atoms with van der Waals surface area (Å²) in [4.78, 5) is 7.69. The van der Waals surface area contributed by atoms with Gasteiger partial charge in [-0.05, 0) is 34.5 Å². The smallest absolute Gasteiger partial charge is 0.416 e. The van der Waals surface area contributed by atoms with E-state index < -0.39 is 11.7 Å². The number of ether oxygens (including phenoxy) is 1. The molecule has 0 atom stereocenters. The van der Waals surface area contributed by atoms with Crippen molar-refractivity contribution in [3.63, 3.8) is 0 Å². The summed E-state index contributed by atoms with van der Waals surface area (Å²) in [7, 11) is 0. The summed E-state index contributed by atoms with van der Waals surface area (Å²) < 4.78 is 44.5. The van der Waals surface area contributed by atoms with Crippen molar-refractivity contribution in [1.82, 2.24) is 9.97 Å². The monoisotopic (exact) mass is 346 g/mol. The van der Waals surface area contributed by atoms with Crippen LogP contribution in [0.25, 0.3) is 0 Å². The van der Waals surface area contributed by atoms with Gasteiger partial charge in [0.1, 0.15) is 6.61 Å². The van der Waals surface area contributed by atoms with Crippen molar-refractivity contribution in [3.05, 3.63) is 52.0 Å². The van der Waals surface area contributed by atoms with Crippen LogP contribution >= 0.6 is 15.9 Å². The molecule has 0 aliphatic rings. The van der Waals surface area contributed by atoms with Crippen LogP contribution in [0.15, 0.2) is 35.3 Å². The summed E-state index contributed by atoms with van der Waals surface area (Å²) in [5.74, 6) is 0.310. The number of halogens is 4. The lowest BCUT2D eigenvalue weighted by molar-refractivity contribution is -0.138. The molecule has 0 aliphatic carbocycles. The highest BCUT2D eigenvalue weighted by atomic mass is 79.9. The maximum absolute atomic E-state index is 12.9. The fourth-order valence-corrected chi connectivity index (χ4v) is 1.89. The Morgan fingerprint density at radius 1 is 1.20 bits per heavy atom. The van der Waals surface area contributed by atoms with E-state index in [9.17, 15) is 13.2 Å². The minimum absolute atomic E-state index is 0.114. The molecule has 1 aromatic carbocycles. The number of alkyl halides is 3. The molecule has 2 rings (SSSR count). The van der Waals surface area contributed by atoms with E-state index in [1.165, 1.54) is 18.5 Å². The van der Waals surface area contributed by atoms with Gasteiger partial charge >= 0.3 is 6.18 Å². The zero-order chi connectivity index (χ0) is 14.8. The van der Waals surface area contributed by atoms with Crippen LogP contribution in [-0.4, -0.2) is 9.97 Å². The van der Waals surface area contributed by atoms with E-state index >= 15 is 0 Å². The van der Waals surface area contributed by atoms with E-state index in [1.54, 1.807) is 13.0 Å². The molecule has 1 aromatic heterocycles. The van der Waals surface area contributed by atoms with E-state index in [0.29, 0.717) is 16.0 Å². The molecule has 0 spiro atoms. The molecule has 0 unspecified atom stereocenters. The van der Waals surface area contributed by atoms with Crippen LogP contribution in [0.4, 0.5) is 13.2 Å². The first-order chi connectivity index (χ1) is 9.38. The average molecular weight is 347 g/mol. The summed E-state index contributed by atoms with van der Waals surface area (Å²) in [6.07, 6.45) is -1.62. The average Bonchev–Trinajstić information content (AvgIpc) is 2.38. The minimum atomic E-state index is -4.40. The van der Waals surface area contributed by atoms with Gasteiger partial charge in [0.25, 0.3) is 0 Å². The molecule has 1 heterocycles. The maximum Gasteiger partial charge on any atom is 0.416 e. The topological polar surface area (TPSA) is 35.0 Å². The Balaban J connectivity index is 2.23. The van der Waals surface area contributed by atoms with E-state index in [-0.39, 0.29) is 12.2 Å². The van der Waals surface area contributed by atoms with Gasteiger partial charge in [-0.25, -0.2) is 9.97 Å². The molecular weight excluding hydrogens is 337 g/mol. The number of hydrogen-bond donors (Lipinski definition) is 0. The number of aryl methyl sites for hydroxylation is 1. The minimum Gasteiger partial charge on any atom is -0.486 e. The summed E-state index contributed by atoms with van der Waals surface area (Å²) in [6, 6.07) is 4.04. The normalized spacial score (nSPS) is 11.4. The third-order valence-electron chi connectivity index (χ3n) is 2.70. The Morgan fingerprint density at radius 2 is 1.85 bits per heavy atom. The van der Waals surface area contributed by atoms with E-state index in [4.69, 9.17) is 4.74 Å². The molecule has 106 valence electrons. The SMILES string of the molecule is Cc1cccc(C(F)(F)F)c1COc1cnc(Br)nc1. The number of aromatic nitrogens is 2. The van der Waals surface area contributed by atoms with Gasteiger partial charge in [0.15, 0.2) is 10.5 Å². The van der Waals surface area contributed by atoms with Gasteiger partial charge in [0.05, 0.1) is 18.0 Å². The van der Waals surface area contributed by atoms with Crippen molar-refractivity contribution in [2.24, 2.45) is 0 Å². The van der Waals surface area contributed by atoms with Crippen molar-refractivity contribution in [2.75, 3.05) is 0 Å². The predicted octanol–water partition coefficient (Wildman–Crippen LogP) is 4.15. The molecule has 3 nitrogen and oxygen atoms in total. The summed E-state index contributed by atoms with van der Waals surface area (Å²) in [6.45, 7) is 1.43. The number of rotatable bonds is 3. The van der Waals surface area contributed by atoms with Gasteiger partial charge in [-0.2, -0.15) is 13.2 Å². The molecule has 0 aliphatic heterocycles. The molecule has 0 N–H and O–H groups in total. The Hall–Kier alpha value is -1.63. The lowest BCUT2D eigenvalue weighted by Gasteiger charge is -2.15.